The Hall–Kier alpha value is -1.24. The molecule has 0 unspecified atom stereocenters. The summed E-state index contributed by atoms with van der Waals surface area (Å²) in [4.78, 5) is 13.2. The minimum Gasteiger partial charge on any atom is -0.283 e. The number of halogens is 2. The van der Waals surface area contributed by atoms with Gasteiger partial charge in [-0.15, -0.1) is 5.56 Å². The zero-order valence-electron chi connectivity index (χ0n) is 17.4. The van der Waals surface area contributed by atoms with Crippen molar-refractivity contribution < 1.29 is 37.5 Å². The average molecular weight is 531 g/mol. The van der Waals surface area contributed by atoms with E-state index in [2.05, 4.69) is 11.5 Å². The number of aromatic nitrogens is 2. The number of benzene rings is 2. The summed E-state index contributed by atoms with van der Waals surface area (Å²) in [5, 5.41) is 7.73. The predicted octanol–water partition coefficient (Wildman–Crippen LogP) is 5.34. The van der Waals surface area contributed by atoms with Crippen LogP contribution in [-0.2, 0) is 39.1 Å². The van der Waals surface area contributed by atoms with Gasteiger partial charge in [0.05, 0.1) is 16.4 Å². The maximum Gasteiger partial charge on any atom is 0.286 e. The number of nitrogens with one attached hydrogen (secondary N) is 1. The molecule has 4 rings (SSSR count). The summed E-state index contributed by atoms with van der Waals surface area (Å²) in [5.74, 6) is -0.193. The number of piperidine rings is 1. The first kappa shape index (κ1) is 24.4. The number of carbonyl (C=O) groups is 1. The topological polar surface area (TPSA) is 50.2 Å². The number of carbonyl (C=O) groups excluding carboxylic acids is 1. The van der Waals surface area contributed by atoms with Gasteiger partial charge in [0.1, 0.15) is 0 Å². The number of amides is 1. The van der Waals surface area contributed by atoms with Crippen molar-refractivity contribution in [3.63, 3.8) is 0 Å². The van der Waals surface area contributed by atoms with Crippen molar-refractivity contribution in [2.45, 2.75) is 32.6 Å². The summed E-state index contributed by atoms with van der Waals surface area (Å²) in [5.41, 5.74) is 6.79. The van der Waals surface area contributed by atoms with Crippen LogP contribution in [0.25, 0.3) is 16.9 Å². The molecule has 31 heavy (non-hydrogen) atoms. The second-order valence-corrected chi connectivity index (χ2v) is 8.16. The molecule has 0 atom stereocenters. The van der Waals surface area contributed by atoms with E-state index in [-0.39, 0.29) is 38.6 Å². The van der Waals surface area contributed by atoms with Crippen molar-refractivity contribution in [2.75, 3.05) is 13.1 Å². The SMILES string of the molecule is CCc1c(C(=O)NN2CCCCC2)nn(-c2ccc(Cl)cc2Cl)c1-c1cc[c-]cc1.[Y]. The molecule has 1 aromatic heterocycles. The second kappa shape index (κ2) is 11.1. The van der Waals surface area contributed by atoms with Crippen LogP contribution in [0.4, 0.5) is 0 Å². The fourth-order valence-electron chi connectivity index (χ4n) is 3.84. The van der Waals surface area contributed by atoms with E-state index in [0.717, 1.165) is 42.8 Å². The van der Waals surface area contributed by atoms with E-state index in [4.69, 9.17) is 28.3 Å². The van der Waals surface area contributed by atoms with Gasteiger partial charge >= 0.3 is 0 Å². The van der Waals surface area contributed by atoms with E-state index in [9.17, 15) is 4.79 Å². The third-order valence-electron chi connectivity index (χ3n) is 5.30. The van der Waals surface area contributed by atoms with Gasteiger partial charge in [-0.05, 0) is 37.5 Å². The molecule has 2 heterocycles. The quantitative estimate of drug-likeness (QED) is 0.453. The fourth-order valence-corrected chi connectivity index (χ4v) is 4.33. The number of nitrogens with zero attached hydrogens (tertiary/aromatic N) is 3. The predicted molar refractivity (Wildman–Crippen MR) is 120 cm³/mol. The molecule has 1 amide bonds. The van der Waals surface area contributed by atoms with Gasteiger partial charge in [0.15, 0.2) is 5.69 Å². The van der Waals surface area contributed by atoms with Crippen LogP contribution in [-0.4, -0.2) is 33.8 Å². The minimum atomic E-state index is -0.193. The van der Waals surface area contributed by atoms with Crippen molar-refractivity contribution in [2.24, 2.45) is 0 Å². The summed E-state index contributed by atoms with van der Waals surface area (Å²) in [6.07, 6.45) is 4.02. The Kier molecular flexibility index (Phi) is 8.71. The molecule has 1 saturated heterocycles. The van der Waals surface area contributed by atoms with Gasteiger partial charge in [0, 0.05) is 56.4 Å². The smallest absolute Gasteiger partial charge is 0.283 e. The van der Waals surface area contributed by atoms with Gasteiger partial charge in [0.25, 0.3) is 5.91 Å². The third kappa shape index (κ3) is 5.40. The Labute approximate surface area is 217 Å². The first-order chi connectivity index (χ1) is 14.6. The molecule has 1 fully saturated rings. The van der Waals surface area contributed by atoms with Crippen LogP contribution in [0.5, 0.6) is 0 Å². The molecule has 8 heteroatoms. The van der Waals surface area contributed by atoms with E-state index in [1.165, 1.54) is 6.42 Å². The van der Waals surface area contributed by atoms with Gasteiger partial charge in [-0.2, -0.15) is 35.4 Å². The van der Waals surface area contributed by atoms with Crippen molar-refractivity contribution in [1.29, 1.82) is 0 Å². The van der Waals surface area contributed by atoms with Crippen LogP contribution in [0.15, 0.2) is 42.5 Å². The summed E-state index contributed by atoms with van der Waals surface area (Å²) >= 11 is 12.6. The molecule has 1 N–H and O–H groups in total. The van der Waals surface area contributed by atoms with Gasteiger partial charge in [-0.25, -0.2) is 9.69 Å². The van der Waals surface area contributed by atoms with E-state index in [1.807, 2.05) is 42.3 Å². The van der Waals surface area contributed by atoms with E-state index < -0.39 is 0 Å². The van der Waals surface area contributed by atoms with E-state index in [1.54, 1.807) is 16.8 Å². The monoisotopic (exact) mass is 530 g/mol. The number of hydrogen-bond donors (Lipinski definition) is 1. The molecule has 0 saturated carbocycles. The molecule has 2 aromatic carbocycles. The summed E-state index contributed by atoms with van der Waals surface area (Å²) in [6, 6.07) is 15.9. The summed E-state index contributed by atoms with van der Waals surface area (Å²) in [6.45, 7) is 3.75. The van der Waals surface area contributed by atoms with Gasteiger partial charge in [0.2, 0.25) is 0 Å². The number of hydrazine groups is 1. The van der Waals surface area contributed by atoms with Crippen LogP contribution in [0.3, 0.4) is 0 Å². The second-order valence-electron chi connectivity index (χ2n) is 7.31. The molecule has 3 aromatic rings. The molecular formula is C23H23Cl2N4OY-. The number of hydrogen-bond acceptors (Lipinski definition) is 3. The largest absolute Gasteiger partial charge is 0.286 e. The summed E-state index contributed by atoms with van der Waals surface area (Å²) < 4.78 is 1.75. The molecule has 0 aliphatic carbocycles. The van der Waals surface area contributed by atoms with Crippen molar-refractivity contribution in [3.8, 4) is 16.9 Å². The van der Waals surface area contributed by atoms with E-state index >= 15 is 0 Å². The third-order valence-corrected chi connectivity index (χ3v) is 5.84. The standard InChI is InChI=1S/C23H23Cl2N4O.Y/c1-2-18-21(23(30)27-28-13-7-4-8-14-28)26-29(20-12-11-17(24)15-19(20)25)22(18)16-9-5-3-6-10-16;/h5-6,9-12,15H,2,4,7-8,13-14H2,1H3,(H,27,30);/q-1;. The molecule has 159 valence electrons. The number of rotatable bonds is 5. The van der Waals surface area contributed by atoms with Crippen LogP contribution >= 0.6 is 23.2 Å². The first-order valence-corrected chi connectivity index (χ1v) is 10.9. The zero-order chi connectivity index (χ0) is 21.1. The van der Waals surface area contributed by atoms with Crippen LogP contribution in [0, 0.1) is 6.07 Å². The van der Waals surface area contributed by atoms with Crippen molar-refractivity contribution in [1.82, 2.24) is 20.2 Å². The zero-order valence-corrected chi connectivity index (χ0v) is 21.7. The average Bonchev–Trinajstić information content (AvgIpc) is 3.14. The van der Waals surface area contributed by atoms with Gasteiger partial charge < -0.3 is 0 Å². The Morgan fingerprint density at radius 1 is 1.13 bits per heavy atom. The van der Waals surface area contributed by atoms with E-state index in [0.29, 0.717) is 27.8 Å². The fraction of sp³-hybridized carbons (Fsp3) is 0.304. The van der Waals surface area contributed by atoms with Crippen LogP contribution < -0.4 is 5.43 Å². The van der Waals surface area contributed by atoms with Gasteiger partial charge in [-0.3, -0.25) is 10.2 Å². The van der Waals surface area contributed by atoms with Crippen molar-refractivity contribution in [3.05, 3.63) is 69.8 Å². The molecule has 1 aliphatic heterocycles. The Morgan fingerprint density at radius 2 is 1.84 bits per heavy atom. The molecule has 1 radical (unpaired) electrons. The molecule has 0 bridgehead atoms. The minimum absolute atomic E-state index is 0. The molecule has 0 spiro atoms. The Morgan fingerprint density at radius 3 is 2.48 bits per heavy atom. The van der Waals surface area contributed by atoms with Crippen LogP contribution in [0.2, 0.25) is 10.0 Å². The van der Waals surface area contributed by atoms with Crippen LogP contribution in [0.1, 0.15) is 42.2 Å². The Bertz CT molecular complexity index is 1050. The molecular weight excluding hydrogens is 508 g/mol. The molecule has 5 nitrogen and oxygen atoms in total. The van der Waals surface area contributed by atoms with Crippen molar-refractivity contribution >= 4 is 29.1 Å². The molecule has 1 aliphatic rings. The first-order valence-electron chi connectivity index (χ1n) is 10.2. The maximum absolute atomic E-state index is 13.2. The normalized spacial score (nSPS) is 14.2. The summed E-state index contributed by atoms with van der Waals surface area (Å²) in [7, 11) is 0. The Balaban J connectivity index is 0.00000272. The van der Waals surface area contributed by atoms with Gasteiger partial charge in [-0.1, -0.05) is 36.5 Å². The maximum atomic E-state index is 13.2.